The number of hydrogen-bond acceptors (Lipinski definition) is 5. The van der Waals surface area contributed by atoms with E-state index in [9.17, 15) is 13.2 Å². The summed E-state index contributed by atoms with van der Waals surface area (Å²) in [6, 6.07) is 14.1. The fraction of sp³-hybridized carbons (Fsp3) is 0.222. The van der Waals surface area contributed by atoms with Gasteiger partial charge in [-0.15, -0.1) is 0 Å². The van der Waals surface area contributed by atoms with E-state index >= 15 is 0 Å². The number of nitriles is 1. The number of ether oxygens (including phenoxy) is 1. The Morgan fingerprint density at radius 2 is 1.85 bits per heavy atom. The van der Waals surface area contributed by atoms with Crippen molar-refractivity contribution in [2.24, 2.45) is 5.14 Å². The molecule has 8 heteroatoms. The van der Waals surface area contributed by atoms with E-state index in [1.165, 1.54) is 12.1 Å². The van der Waals surface area contributed by atoms with Crippen LogP contribution in [0.2, 0.25) is 0 Å². The molecule has 0 aliphatic heterocycles. The van der Waals surface area contributed by atoms with Crippen LogP contribution < -0.4 is 15.2 Å². The highest BCUT2D eigenvalue weighted by Gasteiger charge is 2.19. The third kappa shape index (κ3) is 5.05. The van der Waals surface area contributed by atoms with Gasteiger partial charge in [0.05, 0.1) is 22.6 Å². The Bertz CT molecular complexity index is 934. The summed E-state index contributed by atoms with van der Waals surface area (Å²) in [5.41, 5.74) is 1.10. The SMILES string of the molecule is CC(Oc1ccc(C#N)cc1)C(=O)NC(C)c1cccc(S(N)(=O)=O)c1. The van der Waals surface area contributed by atoms with Crippen molar-refractivity contribution in [3.05, 3.63) is 59.7 Å². The van der Waals surface area contributed by atoms with Crippen molar-refractivity contribution in [3.8, 4) is 11.8 Å². The minimum absolute atomic E-state index is 0.0158. The van der Waals surface area contributed by atoms with Gasteiger partial charge in [0, 0.05) is 0 Å². The zero-order valence-corrected chi connectivity index (χ0v) is 15.2. The third-order valence-electron chi connectivity index (χ3n) is 3.71. The predicted molar refractivity (Wildman–Crippen MR) is 95.6 cm³/mol. The molecule has 136 valence electrons. The second-order valence-corrected chi connectivity index (χ2v) is 7.31. The van der Waals surface area contributed by atoms with Crippen LogP contribution in [0.5, 0.6) is 5.75 Å². The van der Waals surface area contributed by atoms with Gasteiger partial charge in [0.1, 0.15) is 5.75 Å². The number of nitrogens with zero attached hydrogens (tertiary/aromatic N) is 1. The Morgan fingerprint density at radius 1 is 1.19 bits per heavy atom. The molecule has 2 unspecified atom stereocenters. The fourth-order valence-electron chi connectivity index (χ4n) is 2.24. The topological polar surface area (TPSA) is 122 Å². The Labute approximate surface area is 152 Å². The maximum absolute atomic E-state index is 12.3. The van der Waals surface area contributed by atoms with Crippen molar-refractivity contribution in [1.29, 1.82) is 5.26 Å². The molecule has 0 spiro atoms. The van der Waals surface area contributed by atoms with Gasteiger partial charge in [-0.25, -0.2) is 13.6 Å². The van der Waals surface area contributed by atoms with E-state index in [1.807, 2.05) is 6.07 Å². The number of hydrogen-bond donors (Lipinski definition) is 2. The number of primary sulfonamides is 1. The van der Waals surface area contributed by atoms with Crippen LogP contribution in [0.4, 0.5) is 0 Å². The van der Waals surface area contributed by atoms with E-state index in [4.69, 9.17) is 15.1 Å². The van der Waals surface area contributed by atoms with Crippen LogP contribution in [-0.2, 0) is 14.8 Å². The van der Waals surface area contributed by atoms with E-state index in [2.05, 4.69) is 5.32 Å². The summed E-state index contributed by atoms with van der Waals surface area (Å²) in [7, 11) is -3.81. The van der Waals surface area contributed by atoms with Gasteiger partial charge in [0.25, 0.3) is 5.91 Å². The Balaban J connectivity index is 2.02. The largest absolute Gasteiger partial charge is 0.481 e. The van der Waals surface area contributed by atoms with Crippen molar-refractivity contribution in [2.45, 2.75) is 30.9 Å². The summed E-state index contributed by atoms with van der Waals surface area (Å²) in [6.45, 7) is 3.33. The first kappa shape index (κ1) is 19.4. The summed E-state index contributed by atoms with van der Waals surface area (Å²) >= 11 is 0. The van der Waals surface area contributed by atoms with Gasteiger partial charge < -0.3 is 10.1 Å². The maximum Gasteiger partial charge on any atom is 0.261 e. The fourth-order valence-corrected chi connectivity index (χ4v) is 2.81. The number of rotatable bonds is 6. The number of carbonyl (C=O) groups excluding carboxylic acids is 1. The third-order valence-corrected chi connectivity index (χ3v) is 4.62. The number of amides is 1. The molecule has 2 aromatic carbocycles. The van der Waals surface area contributed by atoms with Gasteiger partial charge in [-0.05, 0) is 55.8 Å². The summed E-state index contributed by atoms with van der Waals surface area (Å²) in [4.78, 5) is 12.3. The summed E-state index contributed by atoms with van der Waals surface area (Å²) in [6.07, 6.45) is -0.771. The second kappa shape index (κ2) is 7.99. The van der Waals surface area contributed by atoms with E-state index in [0.29, 0.717) is 16.9 Å². The summed E-state index contributed by atoms with van der Waals surface area (Å²) in [5, 5.41) is 16.7. The monoisotopic (exact) mass is 373 g/mol. The number of benzene rings is 2. The first-order chi connectivity index (χ1) is 12.2. The van der Waals surface area contributed by atoms with Gasteiger partial charge in [0.2, 0.25) is 10.0 Å². The molecule has 0 fully saturated rings. The molecule has 0 saturated carbocycles. The predicted octanol–water partition coefficient (Wildman–Crippen LogP) is 1.85. The lowest BCUT2D eigenvalue weighted by atomic mass is 10.1. The average Bonchev–Trinajstić information content (AvgIpc) is 2.61. The van der Waals surface area contributed by atoms with Crippen LogP contribution >= 0.6 is 0 Å². The van der Waals surface area contributed by atoms with E-state index in [-0.39, 0.29) is 10.8 Å². The molecule has 0 aliphatic carbocycles. The Hall–Kier alpha value is -2.89. The van der Waals surface area contributed by atoms with Crippen LogP contribution in [0, 0.1) is 11.3 Å². The van der Waals surface area contributed by atoms with E-state index < -0.39 is 22.2 Å². The van der Waals surface area contributed by atoms with Gasteiger partial charge >= 0.3 is 0 Å². The summed E-state index contributed by atoms with van der Waals surface area (Å²) in [5.74, 6) is 0.110. The van der Waals surface area contributed by atoms with Crippen LogP contribution in [0.1, 0.15) is 31.0 Å². The number of carbonyl (C=O) groups is 1. The molecule has 0 saturated heterocycles. The maximum atomic E-state index is 12.3. The van der Waals surface area contributed by atoms with Crippen LogP contribution in [0.25, 0.3) is 0 Å². The van der Waals surface area contributed by atoms with Crippen molar-refractivity contribution >= 4 is 15.9 Å². The lowest BCUT2D eigenvalue weighted by Crippen LogP contribution is -2.37. The summed E-state index contributed by atoms with van der Waals surface area (Å²) < 4.78 is 28.4. The van der Waals surface area contributed by atoms with Crippen molar-refractivity contribution in [1.82, 2.24) is 5.32 Å². The minimum atomic E-state index is -3.81. The zero-order valence-electron chi connectivity index (χ0n) is 14.3. The number of nitrogens with two attached hydrogens (primary N) is 1. The molecule has 2 atom stereocenters. The smallest absolute Gasteiger partial charge is 0.261 e. The molecule has 0 aliphatic rings. The first-order valence-electron chi connectivity index (χ1n) is 7.80. The second-order valence-electron chi connectivity index (χ2n) is 5.74. The van der Waals surface area contributed by atoms with E-state index in [0.717, 1.165) is 0 Å². The average molecular weight is 373 g/mol. The molecule has 0 aromatic heterocycles. The lowest BCUT2D eigenvalue weighted by molar-refractivity contribution is -0.127. The minimum Gasteiger partial charge on any atom is -0.481 e. The van der Waals surface area contributed by atoms with Crippen LogP contribution in [0.3, 0.4) is 0 Å². The lowest BCUT2D eigenvalue weighted by Gasteiger charge is -2.19. The molecule has 3 N–H and O–H groups in total. The molecular formula is C18H19N3O4S. The highest BCUT2D eigenvalue weighted by atomic mass is 32.2. The molecule has 1 amide bonds. The van der Waals surface area contributed by atoms with Crippen molar-refractivity contribution in [3.63, 3.8) is 0 Å². The molecule has 2 rings (SSSR count). The standard InChI is InChI=1S/C18H19N3O4S/c1-12(15-4-3-5-17(10-15)26(20,23)24)21-18(22)13(2)25-16-8-6-14(11-19)7-9-16/h3-10,12-13H,1-2H3,(H,21,22)(H2,20,23,24). The highest BCUT2D eigenvalue weighted by Crippen LogP contribution is 2.18. The molecule has 2 aromatic rings. The van der Waals surface area contributed by atoms with Crippen molar-refractivity contribution < 1.29 is 17.9 Å². The molecular weight excluding hydrogens is 354 g/mol. The van der Waals surface area contributed by atoms with Gasteiger partial charge in [-0.2, -0.15) is 5.26 Å². The quantitative estimate of drug-likeness (QED) is 0.800. The number of sulfonamides is 1. The molecule has 0 radical (unpaired) electrons. The molecule has 7 nitrogen and oxygen atoms in total. The Morgan fingerprint density at radius 3 is 2.42 bits per heavy atom. The number of nitrogens with one attached hydrogen (secondary N) is 1. The molecule has 26 heavy (non-hydrogen) atoms. The van der Waals surface area contributed by atoms with Gasteiger partial charge in [-0.1, -0.05) is 12.1 Å². The van der Waals surface area contributed by atoms with Gasteiger partial charge in [-0.3, -0.25) is 4.79 Å². The zero-order chi connectivity index (χ0) is 19.3. The van der Waals surface area contributed by atoms with E-state index in [1.54, 1.807) is 50.2 Å². The van der Waals surface area contributed by atoms with Gasteiger partial charge in [0.15, 0.2) is 6.10 Å². The Kier molecular flexibility index (Phi) is 5.97. The van der Waals surface area contributed by atoms with Crippen LogP contribution in [-0.4, -0.2) is 20.4 Å². The van der Waals surface area contributed by atoms with Crippen LogP contribution in [0.15, 0.2) is 53.4 Å². The normalized spacial score (nSPS) is 13.3. The van der Waals surface area contributed by atoms with Crippen molar-refractivity contribution in [2.75, 3.05) is 0 Å². The first-order valence-corrected chi connectivity index (χ1v) is 9.35. The molecule has 0 heterocycles. The molecule has 0 bridgehead atoms. The highest BCUT2D eigenvalue weighted by molar-refractivity contribution is 7.89.